The Morgan fingerprint density at radius 2 is 0.481 bits per heavy atom. The molecule has 0 bridgehead atoms. The summed E-state index contributed by atoms with van der Waals surface area (Å²) >= 11 is 0. The summed E-state index contributed by atoms with van der Waals surface area (Å²) in [6.45, 7) is 0. The third-order valence-electron chi connectivity index (χ3n) is 6.96. The summed E-state index contributed by atoms with van der Waals surface area (Å²) in [6.07, 6.45) is 0. The van der Waals surface area contributed by atoms with Gasteiger partial charge in [-0.15, -0.1) is 24.8 Å². The van der Waals surface area contributed by atoms with Crippen molar-refractivity contribution in [2.75, 3.05) is 0 Å². The van der Waals surface area contributed by atoms with Crippen LogP contribution in [-0.2, 0) is 0 Å². The van der Waals surface area contributed by atoms with Gasteiger partial charge in [-0.25, -0.2) is 19.2 Å². The monoisotopic (exact) mass is 772 g/mol. The van der Waals surface area contributed by atoms with Crippen LogP contribution >= 0.6 is 24.8 Å². The van der Waals surface area contributed by atoms with Crippen molar-refractivity contribution in [3.05, 3.63) is 168 Å². The van der Waals surface area contributed by atoms with E-state index in [1.165, 1.54) is 48.5 Å². The third kappa shape index (κ3) is 12.0. The molecule has 0 heterocycles. The van der Waals surface area contributed by atoms with E-state index in [2.05, 4.69) is 0 Å². The SMILES string of the molecule is Cl.Cl.O=C(O)c1ccc(Oc2cccc(Oc3ccc(C(=O)O)cc3)c2)cc1.O=C(O)c1ccc(Oc2cccc(Oc3ccc(C(=O)O)cc3)c2)cc1. The average molecular weight is 774 g/mol. The second-order valence-corrected chi connectivity index (χ2v) is 10.7. The highest BCUT2D eigenvalue weighted by Gasteiger charge is 2.08. The normalized spacial score (nSPS) is 9.78. The highest BCUT2D eigenvalue weighted by atomic mass is 35.5. The molecule has 0 aliphatic heterocycles. The van der Waals surface area contributed by atoms with Gasteiger partial charge in [0.15, 0.2) is 0 Å². The van der Waals surface area contributed by atoms with Crippen LogP contribution in [0.25, 0.3) is 0 Å². The Kier molecular flexibility index (Phi) is 15.0. The summed E-state index contributed by atoms with van der Waals surface area (Å²) in [6, 6.07) is 38.1. The molecule has 276 valence electrons. The number of carboxylic acid groups (broad SMARTS) is 4. The standard InChI is InChI=1S/2C20H14O6.2ClH/c2*21-19(22)13-4-8-15(9-5-13)25-17-2-1-3-18(12-17)26-16-10-6-14(7-11-16)20(23)24;;/h2*1-12H,(H,21,22)(H,23,24);2*1H. The zero-order chi connectivity index (χ0) is 37.0. The summed E-state index contributed by atoms with van der Waals surface area (Å²) < 4.78 is 22.8. The molecule has 54 heavy (non-hydrogen) atoms. The zero-order valence-corrected chi connectivity index (χ0v) is 29.4. The van der Waals surface area contributed by atoms with Crippen molar-refractivity contribution in [1.82, 2.24) is 0 Å². The molecule has 0 radical (unpaired) electrons. The second-order valence-electron chi connectivity index (χ2n) is 10.7. The molecule has 14 heteroatoms. The molecule has 0 saturated carbocycles. The fourth-order valence-electron chi connectivity index (χ4n) is 4.41. The minimum Gasteiger partial charge on any atom is -0.478 e. The maximum absolute atomic E-state index is 10.9. The van der Waals surface area contributed by atoms with Crippen molar-refractivity contribution < 1.29 is 58.6 Å². The van der Waals surface area contributed by atoms with E-state index in [1.54, 1.807) is 97.1 Å². The van der Waals surface area contributed by atoms with Crippen molar-refractivity contribution in [1.29, 1.82) is 0 Å². The van der Waals surface area contributed by atoms with Gasteiger partial charge in [-0.05, 0) is 121 Å². The van der Waals surface area contributed by atoms with Gasteiger partial charge in [0, 0.05) is 12.1 Å². The molecule has 6 aromatic rings. The van der Waals surface area contributed by atoms with Gasteiger partial charge in [0.25, 0.3) is 0 Å². The van der Waals surface area contributed by atoms with E-state index in [0.29, 0.717) is 46.0 Å². The Morgan fingerprint density at radius 1 is 0.296 bits per heavy atom. The molecule has 0 aliphatic rings. The van der Waals surface area contributed by atoms with Crippen LogP contribution in [0.2, 0.25) is 0 Å². The Bertz CT molecular complexity index is 1880. The number of carbonyl (C=O) groups is 4. The summed E-state index contributed by atoms with van der Waals surface area (Å²) in [5.41, 5.74) is 0.719. The van der Waals surface area contributed by atoms with Crippen LogP contribution < -0.4 is 18.9 Å². The number of benzene rings is 6. The van der Waals surface area contributed by atoms with Gasteiger partial charge in [-0.2, -0.15) is 0 Å². The molecule has 6 rings (SSSR count). The maximum Gasteiger partial charge on any atom is 0.335 e. The lowest BCUT2D eigenvalue weighted by molar-refractivity contribution is 0.0686. The summed E-state index contributed by atoms with van der Waals surface area (Å²) in [7, 11) is 0. The minimum absolute atomic E-state index is 0. The van der Waals surface area contributed by atoms with Crippen LogP contribution in [0, 0.1) is 0 Å². The number of halogens is 2. The van der Waals surface area contributed by atoms with Crippen LogP contribution in [0.5, 0.6) is 46.0 Å². The number of carboxylic acids is 4. The molecule has 6 aromatic carbocycles. The van der Waals surface area contributed by atoms with Crippen molar-refractivity contribution in [2.45, 2.75) is 0 Å². The fourth-order valence-corrected chi connectivity index (χ4v) is 4.41. The first kappa shape index (κ1) is 41.4. The highest BCUT2D eigenvalue weighted by Crippen LogP contribution is 2.30. The quantitative estimate of drug-likeness (QED) is 0.0923. The molecule has 0 aliphatic carbocycles. The van der Waals surface area contributed by atoms with Crippen LogP contribution in [0.3, 0.4) is 0 Å². The third-order valence-corrected chi connectivity index (χ3v) is 6.96. The van der Waals surface area contributed by atoms with Gasteiger partial charge >= 0.3 is 23.9 Å². The predicted molar refractivity (Wildman–Crippen MR) is 201 cm³/mol. The number of hydrogen-bond donors (Lipinski definition) is 4. The van der Waals surface area contributed by atoms with Crippen LogP contribution in [-0.4, -0.2) is 44.3 Å². The summed E-state index contributed by atoms with van der Waals surface area (Å²) in [5, 5.41) is 35.6. The molecule has 4 N–H and O–H groups in total. The Morgan fingerprint density at radius 3 is 0.648 bits per heavy atom. The molecule has 0 fully saturated rings. The van der Waals surface area contributed by atoms with Crippen LogP contribution in [0.15, 0.2) is 146 Å². The number of hydrogen-bond acceptors (Lipinski definition) is 8. The lowest BCUT2D eigenvalue weighted by Gasteiger charge is -2.09. The van der Waals surface area contributed by atoms with E-state index in [1.807, 2.05) is 0 Å². The van der Waals surface area contributed by atoms with E-state index in [-0.39, 0.29) is 47.1 Å². The molecule has 0 aromatic heterocycles. The molecule has 0 unspecified atom stereocenters. The van der Waals surface area contributed by atoms with Gasteiger partial charge in [0.05, 0.1) is 22.3 Å². The molecular weight excluding hydrogens is 743 g/mol. The van der Waals surface area contributed by atoms with Gasteiger partial charge < -0.3 is 39.4 Å². The van der Waals surface area contributed by atoms with E-state index in [4.69, 9.17) is 39.4 Å². The first-order valence-corrected chi connectivity index (χ1v) is 15.3. The lowest BCUT2D eigenvalue weighted by atomic mass is 10.2. The largest absolute Gasteiger partial charge is 0.478 e. The van der Waals surface area contributed by atoms with Gasteiger partial charge in [0.2, 0.25) is 0 Å². The van der Waals surface area contributed by atoms with Crippen molar-refractivity contribution in [3.63, 3.8) is 0 Å². The average Bonchev–Trinajstić information content (AvgIpc) is 3.13. The smallest absolute Gasteiger partial charge is 0.335 e. The number of rotatable bonds is 12. The molecule has 0 atom stereocenters. The summed E-state index contributed by atoms with van der Waals surface area (Å²) in [4.78, 5) is 43.4. The lowest BCUT2D eigenvalue weighted by Crippen LogP contribution is -1.95. The predicted octanol–water partition coefficient (Wildman–Crippen LogP) is 10.2. The highest BCUT2D eigenvalue weighted by molar-refractivity contribution is 5.89. The van der Waals surface area contributed by atoms with E-state index in [0.717, 1.165) is 0 Å². The zero-order valence-electron chi connectivity index (χ0n) is 27.7. The van der Waals surface area contributed by atoms with Crippen molar-refractivity contribution >= 4 is 48.7 Å². The fraction of sp³-hybridized carbons (Fsp3) is 0. The van der Waals surface area contributed by atoms with E-state index in [9.17, 15) is 19.2 Å². The molecule has 0 amide bonds. The van der Waals surface area contributed by atoms with Gasteiger partial charge in [-0.3, -0.25) is 0 Å². The Balaban J connectivity index is 0.000000280. The Hall–Kier alpha value is -7.02. The molecule has 0 saturated heterocycles. The van der Waals surface area contributed by atoms with Crippen molar-refractivity contribution in [2.24, 2.45) is 0 Å². The number of ether oxygens (including phenoxy) is 4. The van der Waals surface area contributed by atoms with Crippen LogP contribution in [0.1, 0.15) is 41.4 Å². The second kappa shape index (κ2) is 19.6. The molecule has 0 spiro atoms. The number of aromatic carboxylic acids is 4. The minimum atomic E-state index is -0.999. The van der Waals surface area contributed by atoms with Crippen LogP contribution in [0.4, 0.5) is 0 Å². The molecular formula is C40H30Cl2O12. The van der Waals surface area contributed by atoms with Crippen molar-refractivity contribution in [3.8, 4) is 46.0 Å². The first-order chi connectivity index (χ1) is 25.0. The van der Waals surface area contributed by atoms with Gasteiger partial charge in [0.1, 0.15) is 46.0 Å². The Labute approximate surface area is 320 Å². The maximum atomic E-state index is 10.9. The molecule has 12 nitrogen and oxygen atoms in total. The van der Waals surface area contributed by atoms with E-state index < -0.39 is 23.9 Å². The first-order valence-electron chi connectivity index (χ1n) is 15.3. The summed E-state index contributed by atoms with van der Waals surface area (Å²) in [5.74, 6) is 0.0798. The topological polar surface area (TPSA) is 186 Å². The van der Waals surface area contributed by atoms with E-state index >= 15 is 0 Å². The van der Waals surface area contributed by atoms with Gasteiger partial charge in [-0.1, -0.05) is 12.1 Å².